The Balaban J connectivity index is 2.11. The SMILES string of the molecule is CCCCc1c(OC)ccc(S(=O)(=O)N(O)C(CC)(Cc2ccccc2)NC(=O)C[C@@H](C)CC)c1NC(=O)OCc1ccccc1. The maximum atomic E-state index is 14.5. The Labute approximate surface area is 273 Å². The Morgan fingerprint density at radius 3 is 2.15 bits per heavy atom. The van der Waals surface area contributed by atoms with E-state index in [0.29, 0.717) is 29.7 Å². The minimum atomic E-state index is -4.78. The van der Waals surface area contributed by atoms with Crippen molar-refractivity contribution in [3.63, 3.8) is 0 Å². The minimum absolute atomic E-state index is 0.00690. The summed E-state index contributed by atoms with van der Waals surface area (Å²) in [6, 6.07) is 20.9. The third kappa shape index (κ3) is 9.31. The molecule has 46 heavy (non-hydrogen) atoms. The molecular formula is C35H47N3O7S. The third-order valence-corrected chi connectivity index (χ3v) is 9.77. The van der Waals surface area contributed by atoms with Crippen molar-refractivity contribution in [2.24, 2.45) is 5.92 Å². The van der Waals surface area contributed by atoms with Crippen molar-refractivity contribution in [3.05, 3.63) is 89.5 Å². The summed E-state index contributed by atoms with van der Waals surface area (Å²) >= 11 is 0. The second-order valence-corrected chi connectivity index (χ2v) is 13.2. The number of rotatable bonds is 17. The standard InChI is InChI=1S/C35H47N3O7S/c1-6-9-20-29-30(44-5)21-22-31(33(29)36-34(40)45-25-28-18-14-11-15-19-28)46(42,43)38(41)35(8-3,24-27-16-12-10-13-17-27)37-32(39)23-26(4)7-2/h10-19,21-22,26,41H,6-9,20,23-25H2,1-5H3,(H,36,40)(H,37,39)/t26-,35?/m0/s1. The quantitative estimate of drug-likeness (QED) is 0.105. The maximum absolute atomic E-state index is 14.5. The van der Waals surface area contributed by atoms with Gasteiger partial charge in [0.1, 0.15) is 22.9 Å². The van der Waals surface area contributed by atoms with Crippen LogP contribution >= 0.6 is 0 Å². The number of carbonyl (C=O) groups is 2. The van der Waals surface area contributed by atoms with Gasteiger partial charge in [0.25, 0.3) is 10.0 Å². The van der Waals surface area contributed by atoms with Crippen molar-refractivity contribution < 1.29 is 32.7 Å². The van der Waals surface area contributed by atoms with E-state index < -0.39 is 21.8 Å². The highest BCUT2D eigenvalue weighted by atomic mass is 32.2. The van der Waals surface area contributed by atoms with Gasteiger partial charge in [0, 0.05) is 18.4 Å². The lowest BCUT2D eigenvalue weighted by atomic mass is 9.96. The van der Waals surface area contributed by atoms with Crippen LogP contribution in [0, 0.1) is 5.92 Å². The van der Waals surface area contributed by atoms with E-state index in [-0.39, 0.29) is 52.7 Å². The summed E-state index contributed by atoms with van der Waals surface area (Å²) in [5.74, 6) is 0.0428. The fraction of sp³-hybridized carbons (Fsp3) is 0.429. The molecule has 3 N–H and O–H groups in total. The lowest BCUT2D eigenvalue weighted by Gasteiger charge is -2.39. The maximum Gasteiger partial charge on any atom is 0.412 e. The summed E-state index contributed by atoms with van der Waals surface area (Å²) < 4.78 is 40.2. The van der Waals surface area contributed by atoms with E-state index in [9.17, 15) is 23.2 Å². The Bertz CT molecular complexity index is 1530. The highest BCUT2D eigenvalue weighted by Gasteiger charge is 2.45. The van der Waals surface area contributed by atoms with Gasteiger partial charge in [-0.05, 0) is 48.4 Å². The first-order valence-corrected chi connectivity index (χ1v) is 17.2. The number of anilines is 1. The molecule has 0 radical (unpaired) electrons. The van der Waals surface area contributed by atoms with Gasteiger partial charge in [-0.15, -0.1) is 0 Å². The molecule has 0 aliphatic heterocycles. The van der Waals surface area contributed by atoms with Gasteiger partial charge in [0.15, 0.2) is 0 Å². The number of methoxy groups -OCH3 is 1. The Morgan fingerprint density at radius 1 is 0.957 bits per heavy atom. The van der Waals surface area contributed by atoms with Crippen LogP contribution in [0.25, 0.3) is 0 Å². The van der Waals surface area contributed by atoms with Crippen LogP contribution in [0.4, 0.5) is 10.5 Å². The molecule has 2 amide bonds. The van der Waals surface area contributed by atoms with Crippen LogP contribution in [0.1, 0.15) is 76.5 Å². The van der Waals surface area contributed by atoms with Crippen LogP contribution in [0.5, 0.6) is 5.75 Å². The second-order valence-electron chi connectivity index (χ2n) is 11.5. The number of nitrogens with zero attached hydrogens (tertiary/aromatic N) is 1. The molecule has 250 valence electrons. The van der Waals surface area contributed by atoms with Crippen molar-refractivity contribution >= 4 is 27.7 Å². The first kappa shape index (κ1) is 36.5. The minimum Gasteiger partial charge on any atom is -0.496 e. The van der Waals surface area contributed by atoms with Gasteiger partial charge in [0.05, 0.1) is 12.8 Å². The molecule has 3 aromatic carbocycles. The van der Waals surface area contributed by atoms with Crippen LogP contribution in [0.3, 0.4) is 0 Å². The van der Waals surface area contributed by atoms with E-state index in [1.54, 1.807) is 43.3 Å². The van der Waals surface area contributed by atoms with E-state index in [4.69, 9.17) is 9.47 Å². The number of hydrogen-bond acceptors (Lipinski definition) is 7. The number of ether oxygens (including phenoxy) is 2. The third-order valence-electron chi connectivity index (χ3n) is 8.07. The number of hydrogen-bond donors (Lipinski definition) is 3. The molecule has 11 heteroatoms. The Morgan fingerprint density at radius 2 is 1.59 bits per heavy atom. The summed E-state index contributed by atoms with van der Waals surface area (Å²) in [6.07, 6.45) is 1.94. The molecule has 0 heterocycles. The lowest BCUT2D eigenvalue weighted by Crippen LogP contribution is -2.62. The molecule has 3 rings (SSSR count). The first-order valence-electron chi connectivity index (χ1n) is 15.8. The van der Waals surface area contributed by atoms with Crippen molar-refractivity contribution in [2.45, 2.75) is 89.8 Å². The zero-order chi connectivity index (χ0) is 33.7. The highest BCUT2D eigenvalue weighted by molar-refractivity contribution is 7.89. The Kier molecular flexibility index (Phi) is 13.6. The molecular weight excluding hydrogens is 606 g/mol. The lowest BCUT2D eigenvalue weighted by molar-refractivity contribution is -0.140. The number of nitrogens with one attached hydrogen (secondary N) is 2. The van der Waals surface area contributed by atoms with Gasteiger partial charge in [-0.3, -0.25) is 15.3 Å². The average molecular weight is 654 g/mol. The fourth-order valence-corrected chi connectivity index (χ4v) is 6.71. The largest absolute Gasteiger partial charge is 0.496 e. The molecule has 0 aliphatic carbocycles. The van der Waals surface area contributed by atoms with E-state index in [1.807, 2.05) is 45.0 Å². The van der Waals surface area contributed by atoms with Gasteiger partial charge in [-0.25, -0.2) is 13.2 Å². The van der Waals surface area contributed by atoms with E-state index in [2.05, 4.69) is 10.6 Å². The van der Waals surface area contributed by atoms with Gasteiger partial charge in [-0.1, -0.05) is 106 Å². The number of benzene rings is 3. The molecule has 0 aromatic heterocycles. The van der Waals surface area contributed by atoms with Gasteiger partial charge in [0.2, 0.25) is 5.91 Å². The molecule has 0 aliphatic rings. The molecule has 1 unspecified atom stereocenters. The molecule has 0 bridgehead atoms. The number of amides is 2. The molecule has 0 fully saturated rings. The van der Waals surface area contributed by atoms with Crippen molar-refractivity contribution in [1.29, 1.82) is 0 Å². The monoisotopic (exact) mass is 653 g/mol. The number of carbonyl (C=O) groups excluding carboxylic acids is 2. The zero-order valence-corrected chi connectivity index (χ0v) is 28.2. The van der Waals surface area contributed by atoms with Gasteiger partial charge >= 0.3 is 6.09 Å². The summed E-state index contributed by atoms with van der Waals surface area (Å²) in [6.45, 7) is 7.56. The van der Waals surface area contributed by atoms with Crippen molar-refractivity contribution in [1.82, 2.24) is 9.79 Å². The predicted molar refractivity (Wildman–Crippen MR) is 178 cm³/mol. The number of hydroxylamine groups is 1. The normalized spacial score (nSPS) is 13.5. The summed E-state index contributed by atoms with van der Waals surface area (Å²) in [5.41, 5.74) is 0.121. The van der Waals surface area contributed by atoms with Gasteiger partial charge < -0.3 is 14.8 Å². The summed E-state index contributed by atoms with van der Waals surface area (Å²) in [5, 5.41) is 17.3. The molecule has 0 spiro atoms. The van der Waals surface area contributed by atoms with E-state index >= 15 is 0 Å². The first-order chi connectivity index (χ1) is 22.0. The van der Waals surface area contributed by atoms with Crippen molar-refractivity contribution in [3.8, 4) is 5.75 Å². The number of sulfonamides is 1. The fourth-order valence-electron chi connectivity index (χ4n) is 5.15. The molecule has 2 atom stereocenters. The van der Waals surface area contributed by atoms with E-state index in [1.165, 1.54) is 19.2 Å². The van der Waals surface area contributed by atoms with Crippen LogP contribution in [0.2, 0.25) is 0 Å². The second kappa shape index (κ2) is 17.1. The highest BCUT2D eigenvalue weighted by Crippen LogP contribution is 2.38. The average Bonchev–Trinajstić information content (AvgIpc) is 3.06. The number of unbranched alkanes of at least 4 members (excludes halogenated alkanes) is 1. The molecule has 3 aromatic rings. The van der Waals surface area contributed by atoms with Crippen molar-refractivity contribution in [2.75, 3.05) is 12.4 Å². The Hall–Kier alpha value is -3.93. The van der Waals surface area contributed by atoms with E-state index in [0.717, 1.165) is 18.4 Å². The van der Waals surface area contributed by atoms with Crippen LogP contribution in [0.15, 0.2) is 77.7 Å². The molecule has 0 saturated carbocycles. The molecule has 0 saturated heterocycles. The van der Waals surface area contributed by atoms with Gasteiger partial charge in [-0.2, -0.15) is 0 Å². The zero-order valence-electron chi connectivity index (χ0n) is 27.4. The van der Waals surface area contributed by atoms with Crippen LogP contribution in [-0.4, -0.2) is 42.9 Å². The summed E-state index contributed by atoms with van der Waals surface area (Å²) in [7, 11) is -3.31. The summed E-state index contributed by atoms with van der Waals surface area (Å²) in [4.78, 5) is 26.0. The smallest absolute Gasteiger partial charge is 0.412 e. The molecule has 10 nitrogen and oxygen atoms in total. The predicted octanol–water partition coefficient (Wildman–Crippen LogP) is 7.07. The van der Waals surface area contributed by atoms with Crippen LogP contribution < -0.4 is 15.4 Å². The topological polar surface area (TPSA) is 134 Å². The van der Waals surface area contributed by atoms with Crippen LogP contribution in [-0.2, 0) is 39.0 Å².